The van der Waals surface area contributed by atoms with E-state index < -0.39 is 12.4 Å². The van der Waals surface area contributed by atoms with Crippen LogP contribution in [0, 0.1) is 0 Å². The van der Waals surface area contributed by atoms with Gasteiger partial charge in [-0.15, -0.1) is 0 Å². The molecule has 1 aliphatic rings. The molecule has 0 atom stereocenters. The van der Waals surface area contributed by atoms with Crippen molar-refractivity contribution in [2.24, 2.45) is 7.05 Å². The standard InChI is InChI=1S/C18H19Cl2F2N3O2/c1-24-7-10(16(23-24)17(21)22)8-25(11-3-4-11)9-13-14(19)6-5-12(15(13)20)18(26)27-2/h5-7,11,17H,3-4,8-9H2,1-2H3. The van der Waals surface area contributed by atoms with Crippen LogP contribution in [0.2, 0.25) is 10.0 Å². The van der Waals surface area contributed by atoms with Crippen LogP contribution in [0.3, 0.4) is 0 Å². The lowest BCUT2D eigenvalue weighted by Gasteiger charge is -2.23. The summed E-state index contributed by atoms with van der Waals surface area (Å²) in [4.78, 5) is 13.9. The van der Waals surface area contributed by atoms with Crippen LogP contribution in [-0.2, 0) is 24.9 Å². The van der Waals surface area contributed by atoms with Gasteiger partial charge in [0, 0.05) is 48.5 Å². The van der Waals surface area contributed by atoms with Crippen LogP contribution in [0.1, 0.15) is 46.4 Å². The second-order valence-electron chi connectivity index (χ2n) is 6.53. The Kier molecular flexibility index (Phi) is 6.03. The Hall–Kier alpha value is -1.70. The Morgan fingerprint density at radius 3 is 2.67 bits per heavy atom. The fourth-order valence-corrected chi connectivity index (χ4v) is 3.61. The van der Waals surface area contributed by atoms with E-state index in [1.54, 1.807) is 19.3 Å². The molecular formula is C18H19Cl2F2N3O2. The summed E-state index contributed by atoms with van der Waals surface area (Å²) >= 11 is 12.7. The molecule has 0 spiro atoms. The van der Waals surface area contributed by atoms with Crippen molar-refractivity contribution in [3.63, 3.8) is 0 Å². The molecule has 1 aromatic carbocycles. The molecule has 0 unspecified atom stereocenters. The average molecular weight is 418 g/mol. The second kappa shape index (κ2) is 8.12. The minimum absolute atomic E-state index is 0.219. The van der Waals surface area contributed by atoms with Crippen molar-refractivity contribution < 1.29 is 18.3 Å². The molecule has 0 saturated heterocycles. The van der Waals surface area contributed by atoms with Gasteiger partial charge in [0.2, 0.25) is 0 Å². The van der Waals surface area contributed by atoms with Crippen LogP contribution < -0.4 is 0 Å². The average Bonchev–Trinajstić information content (AvgIpc) is 3.39. The third kappa shape index (κ3) is 4.42. The van der Waals surface area contributed by atoms with E-state index in [1.165, 1.54) is 17.9 Å². The highest BCUT2D eigenvalue weighted by Crippen LogP contribution is 2.36. The van der Waals surface area contributed by atoms with Crippen molar-refractivity contribution in [3.8, 4) is 0 Å². The number of hydrogen-bond donors (Lipinski definition) is 0. The highest BCUT2D eigenvalue weighted by molar-refractivity contribution is 6.37. The van der Waals surface area contributed by atoms with Gasteiger partial charge in [0.05, 0.1) is 17.7 Å². The maximum Gasteiger partial charge on any atom is 0.339 e. The number of aromatic nitrogens is 2. The van der Waals surface area contributed by atoms with Crippen molar-refractivity contribution in [2.45, 2.75) is 38.4 Å². The number of methoxy groups -OCH3 is 1. The Labute approximate surface area is 165 Å². The van der Waals surface area contributed by atoms with Gasteiger partial charge in [-0.1, -0.05) is 23.2 Å². The zero-order chi connectivity index (χ0) is 19.7. The summed E-state index contributed by atoms with van der Waals surface area (Å²) in [6, 6.07) is 3.36. The molecule has 1 heterocycles. The predicted molar refractivity (Wildman–Crippen MR) is 98.2 cm³/mol. The Bertz CT molecular complexity index is 853. The molecule has 3 rings (SSSR count). The van der Waals surface area contributed by atoms with E-state index in [-0.39, 0.29) is 22.3 Å². The minimum Gasteiger partial charge on any atom is -0.465 e. The highest BCUT2D eigenvalue weighted by atomic mass is 35.5. The van der Waals surface area contributed by atoms with E-state index in [9.17, 15) is 13.6 Å². The molecule has 146 valence electrons. The van der Waals surface area contributed by atoms with E-state index in [2.05, 4.69) is 5.10 Å². The number of halogens is 4. The summed E-state index contributed by atoms with van der Waals surface area (Å²) < 4.78 is 32.6. The third-order valence-electron chi connectivity index (χ3n) is 4.53. The molecule has 0 bridgehead atoms. The van der Waals surface area contributed by atoms with Crippen LogP contribution in [0.15, 0.2) is 18.3 Å². The van der Waals surface area contributed by atoms with Crippen LogP contribution in [0.25, 0.3) is 0 Å². The summed E-state index contributed by atoms with van der Waals surface area (Å²) in [7, 11) is 2.89. The number of aryl methyl sites for hydroxylation is 1. The number of rotatable bonds is 7. The molecule has 1 aliphatic carbocycles. The number of benzene rings is 1. The fraction of sp³-hybridized carbons (Fsp3) is 0.444. The van der Waals surface area contributed by atoms with Crippen molar-refractivity contribution in [1.82, 2.24) is 14.7 Å². The summed E-state index contributed by atoms with van der Waals surface area (Å²) in [5.41, 5.74) is 1.05. The summed E-state index contributed by atoms with van der Waals surface area (Å²) in [6.45, 7) is 0.637. The molecule has 0 aliphatic heterocycles. The van der Waals surface area contributed by atoms with Gasteiger partial charge in [-0.05, 0) is 25.0 Å². The number of esters is 1. The monoisotopic (exact) mass is 417 g/mol. The van der Waals surface area contributed by atoms with Gasteiger partial charge in [0.1, 0.15) is 5.69 Å². The Morgan fingerprint density at radius 1 is 1.37 bits per heavy atom. The van der Waals surface area contributed by atoms with Gasteiger partial charge >= 0.3 is 5.97 Å². The number of carbonyl (C=O) groups excluding carboxylic acids is 1. The molecular weight excluding hydrogens is 399 g/mol. The van der Waals surface area contributed by atoms with Gasteiger partial charge < -0.3 is 4.74 Å². The first-order valence-corrected chi connectivity index (χ1v) is 9.17. The lowest BCUT2D eigenvalue weighted by Crippen LogP contribution is -2.26. The van der Waals surface area contributed by atoms with Crippen molar-refractivity contribution in [2.75, 3.05) is 7.11 Å². The van der Waals surface area contributed by atoms with E-state index in [0.29, 0.717) is 29.2 Å². The zero-order valence-electron chi connectivity index (χ0n) is 14.9. The highest BCUT2D eigenvalue weighted by Gasteiger charge is 2.32. The smallest absolute Gasteiger partial charge is 0.339 e. The van der Waals surface area contributed by atoms with Crippen molar-refractivity contribution in [3.05, 3.63) is 50.8 Å². The summed E-state index contributed by atoms with van der Waals surface area (Å²) in [5, 5.41) is 4.50. The van der Waals surface area contributed by atoms with E-state index in [1.807, 2.05) is 4.90 Å². The topological polar surface area (TPSA) is 47.4 Å². The fourth-order valence-electron chi connectivity index (χ4n) is 3.05. The number of hydrogen-bond acceptors (Lipinski definition) is 4. The molecule has 1 fully saturated rings. The number of alkyl halides is 2. The van der Waals surface area contributed by atoms with Crippen LogP contribution >= 0.6 is 23.2 Å². The molecule has 5 nitrogen and oxygen atoms in total. The minimum atomic E-state index is -2.64. The van der Waals surface area contributed by atoms with Gasteiger partial charge in [-0.2, -0.15) is 5.10 Å². The lowest BCUT2D eigenvalue weighted by atomic mass is 10.1. The van der Waals surface area contributed by atoms with Crippen LogP contribution in [0.4, 0.5) is 8.78 Å². The van der Waals surface area contributed by atoms with Crippen LogP contribution in [-0.4, -0.2) is 33.8 Å². The van der Waals surface area contributed by atoms with Gasteiger partial charge in [-0.3, -0.25) is 9.58 Å². The maximum atomic E-state index is 13.3. The normalized spacial score (nSPS) is 14.2. The van der Waals surface area contributed by atoms with Gasteiger partial charge in [0.15, 0.2) is 0 Å². The second-order valence-corrected chi connectivity index (χ2v) is 7.31. The van der Waals surface area contributed by atoms with E-state index >= 15 is 0 Å². The molecule has 0 radical (unpaired) electrons. The van der Waals surface area contributed by atoms with Gasteiger partial charge in [0.25, 0.3) is 6.43 Å². The quantitative estimate of drug-likeness (QED) is 0.616. The summed E-state index contributed by atoms with van der Waals surface area (Å²) in [6.07, 6.45) is 0.897. The number of carbonyl (C=O) groups is 1. The molecule has 2 aromatic rings. The molecule has 1 saturated carbocycles. The van der Waals surface area contributed by atoms with Crippen LogP contribution in [0.5, 0.6) is 0 Å². The molecule has 0 N–H and O–H groups in total. The molecule has 9 heteroatoms. The predicted octanol–water partition coefficient (Wildman–Crippen LogP) is 4.62. The summed E-state index contributed by atoms with van der Waals surface area (Å²) in [5.74, 6) is -0.553. The third-order valence-corrected chi connectivity index (χ3v) is 5.32. The first-order valence-electron chi connectivity index (χ1n) is 8.41. The molecule has 0 amide bonds. The lowest BCUT2D eigenvalue weighted by molar-refractivity contribution is 0.0600. The SMILES string of the molecule is COC(=O)c1ccc(Cl)c(CN(Cc2cn(C)nc2C(F)F)C2CC2)c1Cl. The number of ether oxygens (including phenoxy) is 1. The maximum absolute atomic E-state index is 13.3. The molecule has 1 aromatic heterocycles. The first-order chi connectivity index (χ1) is 12.8. The Balaban J connectivity index is 1.89. The largest absolute Gasteiger partial charge is 0.465 e. The van der Waals surface area contributed by atoms with Gasteiger partial charge in [-0.25, -0.2) is 13.6 Å². The first kappa shape index (κ1) is 20.0. The van der Waals surface area contributed by atoms with E-state index in [0.717, 1.165) is 12.8 Å². The Morgan fingerprint density at radius 2 is 2.07 bits per heavy atom. The number of nitrogens with zero attached hydrogens (tertiary/aromatic N) is 3. The van der Waals surface area contributed by atoms with E-state index in [4.69, 9.17) is 27.9 Å². The molecule has 27 heavy (non-hydrogen) atoms. The zero-order valence-corrected chi connectivity index (χ0v) is 16.4. The van der Waals surface area contributed by atoms with Crippen molar-refractivity contribution in [1.29, 1.82) is 0 Å². The van der Waals surface area contributed by atoms with Crippen molar-refractivity contribution >= 4 is 29.2 Å².